The number of nitrogens with zero attached hydrogens (tertiary/aromatic N) is 3. The summed E-state index contributed by atoms with van der Waals surface area (Å²) in [6.45, 7) is 5.25. The van der Waals surface area contributed by atoms with Crippen molar-refractivity contribution in [3.05, 3.63) is 40.8 Å². The average Bonchev–Trinajstić information content (AvgIpc) is 3.11. The summed E-state index contributed by atoms with van der Waals surface area (Å²) < 4.78 is 43.0. The first-order chi connectivity index (χ1) is 15.8. The van der Waals surface area contributed by atoms with E-state index in [9.17, 15) is 27.6 Å². The summed E-state index contributed by atoms with van der Waals surface area (Å²) in [6.07, 6.45) is 0.189. The second-order valence-corrected chi connectivity index (χ2v) is 9.15. The highest BCUT2D eigenvalue weighted by Crippen LogP contribution is 2.33. The zero-order chi connectivity index (χ0) is 25.4. The van der Waals surface area contributed by atoms with Crippen molar-refractivity contribution in [1.29, 1.82) is 0 Å². The molecular formula is C22H26F3N5O4. The maximum atomic E-state index is 14.6. The third-order valence-corrected chi connectivity index (χ3v) is 5.60. The van der Waals surface area contributed by atoms with E-state index >= 15 is 0 Å². The van der Waals surface area contributed by atoms with Crippen LogP contribution in [0.3, 0.4) is 0 Å². The molecule has 1 aliphatic rings. The van der Waals surface area contributed by atoms with E-state index in [1.807, 2.05) is 0 Å². The molecule has 1 aromatic heterocycles. The Labute approximate surface area is 193 Å². The monoisotopic (exact) mass is 481 g/mol. The van der Waals surface area contributed by atoms with Gasteiger partial charge in [-0.3, -0.25) is 14.5 Å². The zero-order valence-corrected chi connectivity index (χ0v) is 19.2. The van der Waals surface area contributed by atoms with Crippen LogP contribution in [0, 0.1) is 22.9 Å². The van der Waals surface area contributed by atoms with Crippen LogP contribution in [-0.4, -0.2) is 63.9 Å². The number of fused-ring (bicyclic) bond motifs is 1. The van der Waals surface area contributed by atoms with Crippen LogP contribution < -0.4 is 10.6 Å². The van der Waals surface area contributed by atoms with Crippen molar-refractivity contribution in [2.24, 2.45) is 5.41 Å². The molecule has 1 aliphatic heterocycles. The van der Waals surface area contributed by atoms with Gasteiger partial charge in [0.1, 0.15) is 17.6 Å². The summed E-state index contributed by atoms with van der Waals surface area (Å²) in [4.78, 5) is 38.3. The molecule has 12 heteroatoms. The number of aliphatic carboxylic acids is 1. The Hall–Kier alpha value is -3.41. The fourth-order valence-electron chi connectivity index (χ4n) is 3.89. The molecule has 2 heterocycles. The summed E-state index contributed by atoms with van der Waals surface area (Å²) in [7, 11) is 1.43. The molecule has 1 atom stereocenters. The van der Waals surface area contributed by atoms with Crippen LogP contribution in [0.15, 0.2) is 12.1 Å². The maximum Gasteiger partial charge on any atom is 0.343 e. The number of hydrogen-bond donors (Lipinski definition) is 3. The number of carboxylic acid groups (broad SMARTS) is 1. The third-order valence-electron chi connectivity index (χ3n) is 5.60. The molecule has 2 amide bonds. The summed E-state index contributed by atoms with van der Waals surface area (Å²) in [5.74, 6) is -5.26. The predicted molar refractivity (Wildman–Crippen MR) is 115 cm³/mol. The lowest BCUT2D eigenvalue weighted by atomic mass is 9.86. The lowest BCUT2D eigenvalue weighted by molar-refractivity contribution is -0.138. The first kappa shape index (κ1) is 25.2. The largest absolute Gasteiger partial charge is 0.480 e. The molecule has 2 aromatic rings. The van der Waals surface area contributed by atoms with Crippen molar-refractivity contribution in [1.82, 2.24) is 25.3 Å². The Morgan fingerprint density at radius 3 is 2.38 bits per heavy atom. The second kappa shape index (κ2) is 9.45. The minimum absolute atomic E-state index is 0.000821. The molecule has 0 saturated heterocycles. The zero-order valence-electron chi connectivity index (χ0n) is 19.2. The van der Waals surface area contributed by atoms with Crippen LogP contribution in [0.25, 0.3) is 11.3 Å². The standard InChI is InChI=1S/C22H26F3N5O4/c1-22(2,3)19(20(33)26-4)27-21(34)30-16-5-6-29(10-17(31)32)9-12(16)18(28-30)11-7-14(24)15(25)8-13(11)23/h7-8,19H,5-6,9-10H2,1-4H3,(H,26,33)(H,27,34)(H,31,32). The number of carbonyl (C=O) groups excluding carboxylic acids is 2. The highest BCUT2D eigenvalue weighted by atomic mass is 19.2. The van der Waals surface area contributed by atoms with Crippen molar-refractivity contribution in [3.63, 3.8) is 0 Å². The van der Waals surface area contributed by atoms with Crippen LogP contribution in [0.2, 0.25) is 0 Å². The van der Waals surface area contributed by atoms with E-state index < -0.39 is 46.8 Å². The van der Waals surface area contributed by atoms with Crippen molar-refractivity contribution < 1.29 is 32.7 Å². The van der Waals surface area contributed by atoms with Crippen LogP contribution in [-0.2, 0) is 22.6 Å². The molecule has 0 saturated carbocycles. The number of hydrogen-bond acceptors (Lipinski definition) is 5. The number of carbonyl (C=O) groups is 3. The fourth-order valence-corrected chi connectivity index (χ4v) is 3.89. The highest BCUT2D eigenvalue weighted by Gasteiger charge is 2.35. The first-order valence-corrected chi connectivity index (χ1v) is 10.6. The Bertz CT molecular complexity index is 1140. The van der Waals surface area contributed by atoms with Gasteiger partial charge < -0.3 is 15.7 Å². The van der Waals surface area contributed by atoms with E-state index in [1.165, 1.54) is 7.05 Å². The van der Waals surface area contributed by atoms with Gasteiger partial charge in [-0.15, -0.1) is 0 Å². The van der Waals surface area contributed by atoms with Crippen LogP contribution >= 0.6 is 0 Å². The molecule has 0 radical (unpaired) electrons. The summed E-state index contributed by atoms with van der Waals surface area (Å²) in [6, 6.07) is -0.662. The number of benzene rings is 1. The molecule has 9 nitrogen and oxygen atoms in total. The number of rotatable bonds is 5. The SMILES string of the molecule is CNC(=O)C(NC(=O)n1nc(-c2cc(F)c(F)cc2F)c2c1CCN(CC(=O)O)C2)C(C)(C)C. The number of carboxylic acids is 1. The first-order valence-electron chi connectivity index (χ1n) is 10.6. The molecule has 34 heavy (non-hydrogen) atoms. The minimum Gasteiger partial charge on any atom is -0.480 e. The van der Waals surface area contributed by atoms with Crippen LogP contribution in [0.4, 0.5) is 18.0 Å². The molecule has 3 N–H and O–H groups in total. The van der Waals surface area contributed by atoms with Crippen LogP contribution in [0.1, 0.15) is 32.0 Å². The number of likely N-dealkylation sites (N-methyl/N-ethyl adjacent to an activating group) is 1. The molecule has 1 aromatic carbocycles. The van der Waals surface area contributed by atoms with E-state index in [0.717, 1.165) is 4.68 Å². The van der Waals surface area contributed by atoms with E-state index in [4.69, 9.17) is 5.11 Å². The molecular weight excluding hydrogens is 455 g/mol. The Kier molecular flexibility index (Phi) is 7.01. The topological polar surface area (TPSA) is 117 Å². The van der Waals surface area contributed by atoms with Crippen molar-refractivity contribution in [2.75, 3.05) is 20.1 Å². The average molecular weight is 481 g/mol. The van der Waals surface area contributed by atoms with Crippen molar-refractivity contribution in [2.45, 2.75) is 39.8 Å². The van der Waals surface area contributed by atoms with Gasteiger partial charge >= 0.3 is 12.0 Å². The molecule has 1 unspecified atom stereocenters. The predicted octanol–water partition coefficient (Wildman–Crippen LogP) is 2.13. The summed E-state index contributed by atoms with van der Waals surface area (Å²) >= 11 is 0. The number of nitrogens with one attached hydrogen (secondary N) is 2. The number of halogens is 3. The molecule has 3 rings (SSSR count). The van der Waals surface area contributed by atoms with Gasteiger partial charge in [0.25, 0.3) is 0 Å². The third kappa shape index (κ3) is 5.06. The lowest BCUT2D eigenvalue weighted by Gasteiger charge is -2.30. The molecule has 0 aliphatic carbocycles. The Balaban J connectivity index is 2.09. The van der Waals surface area contributed by atoms with Gasteiger partial charge in [-0.1, -0.05) is 20.8 Å². The summed E-state index contributed by atoms with van der Waals surface area (Å²) in [5.41, 5.74) is -0.444. The highest BCUT2D eigenvalue weighted by molar-refractivity contribution is 5.88. The number of amides is 2. The Morgan fingerprint density at radius 2 is 1.79 bits per heavy atom. The quantitative estimate of drug-likeness (QED) is 0.564. The normalized spacial score (nSPS) is 14.9. The lowest BCUT2D eigenvalue weighted by Crippen LogP contribution is -2.54. The van der Waals surface area contributed by atoms with E-state index in [1.54, 1.807) is 25.7 Å². The molecule has 0 fully saturated rings. The van der Waals surface area contributed by atoms with Gasteiger partial charge in [0, 0.05) is 43.8 Å². The van der Waals surface area contributed by atoms with Gasteiger partial charge in [-0.25, -0.2) is 18.0 Å². The van der Waals surface area contributed by atoms with Gasteiger partial charge in [-0.05, 0) is 11.5 Å². The Morgan fingerprint density at radius 1 is 1.15 bits per heavy atom. The van der Waals surface area contributed by atoms with E-state index in [-0.39, 0.29) is 37.3 Å². The van der Waals surface area contributed by atoms with Gasteiger partial charge in [0.05, 0.1) is 12.2 Å². The van der Waals surface area contributed by atoms with Gasteiger partial charge in [-0.2, -0.15) is 9.78 Å². The number of aromatic nitrogens is 2. The van der Waals surface area contributed by atoms with E-state index in [0.29, 0.717) is 23.4 Å². The maximum absolute atomic E-state index is 14.6. The fraction of sp³-hybridized carbons (Fsp3) is 0.455. The second-order valence-electron chi connectivity index (χ2n) is 9.15. The minimum atomic E-state index is -1.38. The molecule has 184 valence electrons. The van der Waals surface area contributed by atoms with Crippen molar-refractivity contribution in [3.8, 4) is 11.3 Å². The van der Waals surface area contributed by atoms with Crippen molar-refractivity contribution >= 4 is 17.9 Å². The van der Waals surface area contributed by atoms with Gasteiger partial charge in [0.15, 0.2) is 11.6 Å². The van der Waals surface area contributed by atoms with Crippen LogP contribution in [0.5, 0.6) is 0 Å². The van der Waals surface area contributed by atoms with Gasteiger partial charge in [0.2, 0.25) is 5.91 Å². The summed E-state index contributed by atoms with van der Waals surface area (Å²) in [5, 5.41) is 18.5. The van der Waals surface area contributed by atoms with E-state index in [2.05, 4.69) is 15.7 Å². The molecule has 0 spiro atoms. The molecule has 0 bridgehead atoms. The smallest absolute Gasteiger partial charge is 0.343 e.